The number of nitrogens with one attached hydrogen (secondary N) is 1. The molecule has 2 aliphatic rings. The van der Waals surface area contributed by atoms with Crippen molar-refractivity contribution in [1.82, 2.24) is 15.1 Å². The van der Waals surface area contributed by atoms with E-state index < -0.39 is 6.04 Å². The molecule has 1 atom stereocenters. The van der Waals surface area contributed by atoms with Crippen molar-refractivity contribution in [1.29, 1.82) is 0 Å². The molecule has 2 aromatic carbocycles. The molecule has 1 N–H and O–H groups in total. The molecule has 0 aromatic heterocycles. The number of amides is 2. The van der Waals surface area contributed by atoms with Crippen LogP contribution in [0.4, 0.5) is 0 Å². The van der Waals surface area contributed by atoms with Gasteiger partial charge in [0.25, 0.3) is 0 Å². The zero-order chi connectivity index (χ0) is 21.6. The van der Waals surface area contributed by atoms with E-state index in [1.54, 1.807) is 13.0 Å². The first-order chi connectivity index (χ1) is 15.1. The highest BCUT2D eigenvalue weighted by atomic mass is 16.5. The first-order valence-corrected chi connectivity index (χ1v) is 10.9. The largest absolute Gasteiger partial charge is 0.493 e. The molecule has 0 radical (unpaired) electrons. The van der Waals surface area contributed by atoms with Gasteiger partial charge in [0.2, 0.25) is 11.8 Å². The van der Waals surface area contributed by atoms with Crippen LogP contribution in [0.25, 0.3) is 6.08 Å². The maximum absolute atomic E-state index is 12.8. The summed E-state index contributed by atoms with van der Waals surface area (Å²) in [4.78, 5) is 29.1. The van der Waals surface area contributed by atoms with Crippen LogP contribution in [0.15, 0.2) is 54.6 Å². The molecule has 31 heavy (non-hydrogen) atoms. The van der Waals surface area contributed by atoms with Crippen LogP contribution in [0, 0.1) is 0 Å². The lowest BCUT2D eigenvalue weighted by atomic mass is 10.1. The number of carbonyl (C=O) groups excluding carboxylic acids is 2. The summed E-state index contributed by atoms with van der Waals surface area (Å²) >= 11 is 0. The molecule has 0 spiro atoms. The predicted molar refractivity (Wildman–Crippen MR) is 121 cm³/mol. The number of ether oxygens (including phenoxy) is 1. The smallest absolute Gasteiger partial charge is 0.244 e. The fraction of sp³-hybridized carbons (Fsp3) is 0.360. The third-order valence-corrected chi connectivity index (χ3v) is 5.80. The Hall–Kier alpha value is -3.12. The Morgan fingerprint density at radius 2 is 1.87 bits per heavy atom. The summed E-state index contributed by atoms with van der Waals surface area (Å²) in [6.07, 6.45) is 4.20. The summed E-state index contributed by atoms with van der Waals surface area (Å²) in [6.45, 7) is 6.40. The van der Waals surface area contributed by atoms with Gasteiger partial charge in [0, 0.05) is 45.2 Å². The topological polar surface area (TPSA) is 61.9 Å². The highest BCUT2D eigenvalue weighted by Crippen LogP contribution is 2.26. The number of hydrogen-bond acceptors (Lipinski definition) is 4. The van der Waals surface area contributed by atoms with Crippen molar-refractivity contribution >= 4 is 17.9 Å². The molecule has 4 rings (SSSR count). The number of hydrogen-bond donors (Lipinski definition) is 1. The Morgan fingerprint density at radius 1 is 1.10 bits per heavy atom. The minimum atomic E-state index is -0.545. The van der Waals surface area contributed by atoms with E-state index in [1.165, 1.54) is 17.2 Å². The quantitative estimate of drug-likeness (QED) is 0.731. The lowest BCUT2D eigenvalue weighted by Crippen LogP contribution is -2.53. The van der Waals surface area contributed by atoms with Crippen LogP contribution in [0.3, 0.4) is 0 Å². The summed E-state index contributed by atoms with van der Waals surface area (Å²) in [5.74, 6) is 0.716. The molecule has 2 heterocycles. The first kappa shape index (κ1) is 21.1. The molecule has 6 heteroatoms. The van der Waals surface area contributed by atoms with Crippen molar-refractivity contribution in [2.75, 3.05) is 32.8 Å². The molecule has 0 saturated carbocycles. The number of fused-ring (bicyclic) bond motifs is 1. The van der Waals surface area contributed by atoms with Crippen LogP contribution < -0.4 is 10.1 Å². The van der Waals surface area contributed by atoms with Gasteiger partial charge >= 0.3 is 0 Å². The summed E-state index contributed by atoms with van der Waals surface area (Å²) in [5, 5.41) is 2.78. The molecule has 1 unspecified atom stereocenters. The van der Waals surface area contributed by atoms with E-state index in [2.05, 4.69) is 28.4 Å². The fourth-order valence-electron chi connectivity index (χ4n) is 4.06. The molecule has 2 amide bonds. The van der Waals surface area contributed by atoms with Crippen molar-refractivity contribution in [2.24, 2.45) is 0 Å². The van der Waals surface area contributed by atoms with Gasteiger partial charge in [0.15, 0.2) is 0 Å². The minimum absolute atomic E-state index is 0.0317. The second-order valence-electron chi connectivity index (χ2n) is 8.12. The summed E-state index contributed by atoms with van der Waals surface area (Å²) in [6, 6.07) is 15.5. The number of rotatable bonds is 6. The second-order valence-corrected chi connectivity index (χ2v) is 8.12. The third kappa shape index (κ3) is 5.52. The lowest BCUT2D eigenvalue weighted by molar-refractivity contribution is -0.136. The Labute approximate surface area is 183 Å². The van der Waals surface area contributed by atoms with Crippen LogP contribution in [0.5, 0.6) is 5.75 Å². The molecule has 1 saturated heterocycles. The van der Waals surface area contributed by atoms with E-state index >= 15 is 0 Å². The SMILES string of the molecule is CC(NC(=O)/C=C/c1ccccc1)C(=O)N1CCN(Cc2ccc3c(c2)CCO3)CC1. The molecule has 2 aliphatic heterocycles. The second kappa shape index (κ2) is 9.79. The molecule has 1 fully saturated rings. The Morgan fingerprint density at radius 3 is 2.65 bits per heavy atom. The van der Waals surface area contributed by atoms with Gasteiger partial charge in [-0.2, -0.15) is 0 Å². The van der Waals surface area contributed by atoms with Crippen molar-refractivity contribution in [3.63, 3.8) is 0 Å². The Balaban J connectivity index is 1.23. The lowest BCUT2D eigenvalue weighted by Gasteiger charge is -2.36. The van der Waals surface area contributed by atoms with Crippen LogP contribution in [-0.4, -0.2) is 60.4 Å². The predicted octanol–water partition coefficient (Wildman–Crippen LogP) is 2.48. The van der Waals surface area contributed by atoms with E-state index in [4.69, 9.17) is 4.74 Å². The summed E-state index contributed by atoms with van der Waals surface area (Å²) in [5.41, 5.74) is 3.52. The highest BCUT2D eigenvalue weighted by Gasteiger charge is 2.25. The van der Waals surface area contributed by atoms with Gasteiger partial charge in [-0.05, 0) is 35.8 Å². The third-order valence-electron chi connectivity index (χ3n) is 5.80. The van der Waals surface area contributed by atoms with Crippen molar-refractivity contribution < 1.29 is 14.3 Å². The summed E-state index contributed by atoms with van der Waals surface area (Å²) in [7, 11) is 0. The van der Waals surface area contributed by atoms with Crippen molar-refractivity contribution in [2.45, 2.75) is 25.9 Å². The highest BCUT2D eigenvalue weighted by molar-refractivity contribution is 5.95. The van der Waals surface area contributed by atoms with Gasteiger partial charge in [-0.15, -0.1) is 0 Å². The van der Waals surface area contributed by atoms with Gasteiger partial charge < -0.3 is 15.0 Å². The average molecular weight is 420 g/mol. The monoisotopic (exact) mass is 419 g/mol. The van der Waals surface area contributed by atoms with Crippen LogP contribution in [-0.2, 0) is 22.6 Å². The van der Waals surface area contributed by atoms with E-state index in [1.807, 2.05) is 35.2 Å². The fourth-order valence-corrected chi connectivity index (χ4v) is 4.06. The first-order valence-electron chi connectivity index (χ1n) is 10.9. The molecular weight excluding hydrogens is 390 g/mol. The van der Waals surface area contributed by atoms with Gasteiger partial charge in [0.05, 0.1) is 6.61 Å². The van der Waals surface area contributed by atoms with E-state index in [-0.39, 0.29) is 11.8 Å². The molecule has 6 nitrogen and oxygen atoms in total. The van der Waals surface area contributed by atoms with E-state index in [0.717, 1.165) is 44.0 Å². The normalized spacial score (nSPS) is 17.3. The molecular formula is C25H29N3O3. The Bertz CT molecular complexity index is 950. The van der Waals surface area contributed by atoms with Gasteiger partial charge in [-0.3, -0.25) is 14.5 Å². The Kier molecular flexibility index (Phi) is 6.67. The number of carbonyl (C=O) groups is 2. The van der Waals surface area contributed by atoms with Crippen LogP contribution in [0.2, 0.25) is 0 Å². The molecule has 162 valence electrons. The number of benzene rings is 2. The molecule has 2 aromatic rings. The average Bonchev–Trinajstić information content (AvgIpc) is 3.26. The maximum atomic E-state index is 12.8. The van der Waals surface area contributed by atoms with E-state index in [9.17, 15) is 9.59 Å². The van der Waals surface area contributed by atoms with Crippen LogP contribution >= 0.6 is 0 Å². The zero-order valence-corrected chi connectivity index (χ0v) is 17.9. The van der Waals surface area contributed by atoms with E-state index in [0.29, 0.717) is 13.1 Å². The molecule has 0 bridgehead atoms. The van der Waals surface area contributed by atoms with Crippen molar-refractivity contribution in [3.8, 4) is 5.75 Å². The standard InChI is InChI=1S/C25H29N3O3/c1-19(26-24(29)10-8-20-5-3-2-4-6-20)25(30)28-14-12-27(13-15-28)18-21-7-9-23-22(17-21)11-16-31-23/h2-10,17,19H,11-16,18H2,1H3,(H,26,29)/b10-8+. The van der Waals surface area contributed by atoms with Crippen LogP contribution in [0.1, 0.15) is 23.6 Å². The minimum Gasteiger partial charge on any atom is -0.493 e. The number of piperazine rings is 1. The van der Waals surface area contributed by atoms with Gasteiger partial charge in [-0.1, -0.05) is 42.5 Å². The molecule has 0 aliphatic carbocycles. The summed E-state index contributed by atoms with van der Waals surface area (Å²) < 4.78 is 5.58. The zero-order valence-electron chi connectivity index (χ0n) is 17.9. The number of nitrogens with zero attached hydrogens (tertiary/aromatic N) is 2. The van der Waals surface area contributed by atoms with Gasteiger partial charge in [-0.25, -0.2) is 0 Å². The van der Waals surface area contributed by atoms with Gasteiger partial charge in [0.1, 0.15) is 11.8 Å². The maximum Gasteiger partial charge on any atom is 0.244 e. The van der Waals surface area contributed by atoms with Crippen molar-refractivity contribution in [3.05, 3.63) is 71.3 Å².